The molecule has 2 heterocycles. The number of esters is 1. The average molecular weight is 754 g/mol. The predicted molar refractivity (Wildman–Crippen MR) is 198 cm³/mol. The number of benzene rings is 4. The number of methoxy groups -OCH3 is 5. The zero-order valence-corrected chi connectivity index (χ0v) is 30.9. The lowest BCUT2D eigenvalue weighted by Gasteiger charge is -2.10. The van der Waals surface area contributed by atoms with Gasteiger partial charge in [-0.05, 0) is 54.1 Å². The van der Waals surface area contributed by atoms with Gasteiger partial charge in [0.25, 0.3) is 0 Å². The Labute approximate surface area is 319 Å². The van der Waals surface area contributed by atoms with Crippen LogP contribution in [0.25, 0.3) is 22.5 Å². The van der Waals surface area contributed by atoms with E-state index in [1.54, 1.807) is 38.5 Å². The van der Waals surface area contributed by atoms with Crippen LogP contribution in [0.3, 0.4) is 0 Å². The minimum atomic E-state index is -1.03. The molecule has 6 rings (SSSR count). The van der Waals surface area contributed by atoms with Gasteiger partial charge in [-0.25, -0.2) is 24.5 Å². The number of hydrogen-bond acceptors (Lipinski definition) is 11. The molecule has 0 spiro atoms. The molecule has 0 aliphatic rings. The molecule has 13 nitrogen and oxygen atoms in total. The van der Waals surface area contributed by atoms with Crippen molar-refractivity contribution in [2.45, 2.75) is 6.42 Å². The monoisotopic (exact) mass is 753 g/mol. The van der Waals surface area contributed by atoms with Gasteiger partial charge in [-0.3, -0.25) is 5.32 Å². The molecule has 280 valence electrons. The fourth-order valence-corrected chi connectivity index (χ4v) is 5.45. The summed E-state index contributed by atoms with van der Waals surface area (Å²) in [6, 6.07) is 29.4. The highest BCUT2D eigenvalue weighted by molar-refractivity contribution is 5.93. The fraction of sp³-hybridized carbons (Fsp3) is 0.150. The van der Waals surface area contributed by atoms with E-state index in [2.05, 4.69) is 19.9 Å². The Balaban J connectivity index is 0.000000285. The number of quaternary nitrogens is 1. The van der Waals surface area contributed by atoms with Crippen LogP contribution in [0.15, 0.2) is 110 Å². The van der Waals surface area contributed by atoms with E-state index in [0.29, 0.717) is 29.3 Å². The Morgan fingerprint density at radius 2 is 1.19 bits per heavy atom. The first-order chi connectivity index (χ1) is 25.8. The van der Waals surface area contributed by atoms with Gasteiger partial charge in [0.2, 0.25) is 5.82 Å². The van der Waals surface area contributed by atoms with Crippen molar-refractivity contribution >= 4 is 23.4 Å². The number of rotatable bonds is 12. The van der Waals surface area contributed by atoms with Gasteiger partial charge in [0.05, 0.1) is 46.9 Å². The van der Waals surface area contributed by atoms with Crippen LogP contribution < -0.4 is 36.7 Å². The second-order valence-electron chi connectivity index (χ2n) is 11.2. The number of carbonyl (C=O) groups excluding carboxylic acids is 1. The summed E-state index contributed by atoms with van der Waals surface area (Å²) in [7, 11) is 7.53. The van der Waals surface area contributed by atoms with Gasteiger partial charge in [-0.1, -0.05) is 30.3 Å². The van der Waals surface area contributed by atoms with Gasteiger partial charge in [-0.2, -0.15) is 4.98 Å². The van der Waals surface area contributed by atoms with Crippen molar-refractivity contribution < 1.29 is 57.5 Å². The number of carbonyl (C=O) groups is 2. The van der Waals surface area contributed by atoms with Crippen LogP contribution in [-0.4, -0.2) is 72.5 Å². The Morgan fingerprint density at radius 1 is 0.630 bits per heavy atom. The van der Waals surface area contributed by atoms with Gasteiger partial charge in [-0.15, -0.1) is 0 Å². The lowest BCUT2D eigenvalue weighted by atomic mass is 10.0. The number of para-hydroxylation sites is 2. The third-order valence-corrected chi connectivity index (χ3v) is 8.00. The van der Waals surface area contributed by atoms with Crippen LogP contribution in [0.1, 0.15) is 33.4 Å². The lowest BCUT2D eigenvalue weighted by Crippen LogP contribution is -3.00. The molecular formula is C40H40ClN5O8. The van der Waals surface area contributed by atoms with Crippen LogP contribution in [0.4, 0.5) is 11.5 Å². The maximum atomic E-state index is 12.0. The number of carboxylic acid groups (broad SMARTS) is 1. The van der Waals surface area contributed by atoms with Gasteiger partial charge in [0, 0.05) is 42.9 Å². The van der Waals surface area contributed by atoms with Gasteiger partial charge >= 0.3 is 11.9 Å². The van der Waals surface area contributed by atoms with E-state index in [1.807, 2.05) is 78.1 Å². The van der Waals surface area contributed by atoms with E-state index >= 15 is 0 Å². The summed E-state index contributed by atoms with van der Waals surface area (Å²) >= 11 is 0. The van der Waals surface area contributed by atoms with E-state index in [9.17, 15) is 14.7 Å². The van der Waals surface area contributed by atoms with Gasteiger partial charge in [0.15, 0.2) is 0 Å². The molecule has 0 bridgehead atoms. The Bertz CT molecular complexity index is 2230. The normalized spacial score (nSPS) is 10.2. The summed E-state index contributed by atoms with van der Waals surface area (Å²) in [5.41, 5.74) is 6.13. The molecule has 0 saturated carbocycles. The molecule has 0 atom stereocenters. The largest absolute Gasteiger partial charge is 1.00 e. The number of ether oxygens (including phenoxy) is 5. The predicted octanol–water partition coefficient (Wildman–Crippen LogP) is 3.17. The van der Waals surface area contributed by atoms with E-state index in [0.717, 1.165) is 51.0 Å². The first-order valence-electron chi connectivity index (χ1n) is 16.2. The second-order valence-corrected chi connectivity index (χ2v) is 11.2. The van der Waals surface area contributed by atoms with Crippen LogP contribution in [0, 0.1) is 0 Å². The molecule has 0 unspecified atom stereocenters. The van der Waals surface area contributed by atoms with E-state index in [4.69, 9.17) is 23.7 Å². The number of carboxylic acids is 1. The van der Waals surface area contributed by atoms with E-state index < -0.39 is 11.9 Å². The van der Waals surface area contributed by atoms with Gasteiger partial charge in [0.1, 0.15) is 52.5 Å². The number of halogens is 1. The van der Waals surface area contributed by atoms with Crippen LogP contribution in [-0.2, 0) is 11.2 Å². The maximum absolute atomic E-state index is 12.0. The standard InChI is InChI=1S/C20H19N3O4.C20H18N2O4.ClH.H2/c1-25-17-7-5-4-6-14(17)16-11-19(22-12-21-16)23-13-8-9-18(26-2)15(10-13)20(24)27-3;1-25-18-6-4-3-5-15(18)17-11-14(21-12-22-17)9-13-7-8-19(26-2)16(10-13)20(23)24;;/h4-12H,1-3H3,(H,21,22,23);3-8,10-12H,9H2,1-2H3,(H,23,24);2*1H. The number of nitrogens with two attached hydrogens (primary N) is 1. The van der Waals surface area contributed by atoms with Crippen LogP contribution in [0.5, 0.6) is 23.0 Å². The highest BCUT2D eigenvalue weighted by atomic mass is 35.5. The zero-order valence-electron chi connectivity index (χ0n) is 30.1. The summed E-state index contributed by atoms with van der Waals surface area (Å²) in [4.78, 5) is 40.6. The number of aromatic carboxylic acids is 1. The van der Waals surface area contributed by atoms with E-state index in [-0.39, 0.29) is 19.4 Å². The molecule has 0 aliphatic heterocycles. The first kappa shape index (κ1) is 40.2. The smallest absolute Gasteiger partial charge is 0.341 e. The molecule has 4 aromatic carbocycles. The highest BCUT2D eigenvalue weighted by Crippen LogP contribution is 2.30. The molecule has 54 heavy (non-hydrogen) atoms. The molecule has 6 aromatic rings. The van der Waals surface area contributed by atoms with E-state index in [1.165, 1.54) is 34.0 Å². The quantitative estimate of drug-likeness (QED) is 0.139. The summed E-state index contributed by atoms with van der Waals surface area (Å²) < 4.78 is 25.9. The van der Waals surface area contributed by atoms with Crippen molar-refractivity contribution in [1.82, 2.24) is 19.9 Å². The summed E-state index contributed by atoms with van der Waals surface area (Å²) in [5.74, 6) is 1.47. The van der Waals surface area contributed by atoms with Crippen LogP contribution in [0.2, 0.25) is 0 Å². The second kappa shape index (κ2) is 19.3. The van der Waals surface area contributed by atoms with Crippen molar-refractivity contribution in [3.05, 3.63) is 132 Å². The van der Waals surface area contributed by atoms with Crippen molar-refractivity contribution in [2.75, 3.05) is 35.5 Å². The average Bonchev–Trinajstić information content (AvgIpc) is 3.20. The Morgan fingerprint density at radius 3 is 1.78 bits per heavy atom. The third-order valence-electron chi connectivity index (χ3n) is 8.00. The maximum Gasteiger partial charge on any atom is 0.341 e. The van der Waals surface area contributed by atoms with Crippen molar-refractivity contribution in [2.24, 2.45) is 0 Å². The topological polar surface area (TPSA) is 169 Å². The highest BCUT2D eigenvalue weighted by Gasteiger charge is 2.17. The van der Waals surface area contributed by atoms with Gasteiger partial charge < -0.3 is 41.2 Å². The zero-order chi connectivity index (χ0) is 37.7. The summed E-state index contributed by atoms with van der Waals surface area (Å²) in [6.07, 6.45) is 3.48. The Kier molecular flexibility index (Phi) is 14.4. The molecule has 0 radical (unpaired) electrons. The minimum absolute atomic E-state index is 0. The fourth-order valence-electron chi connectivity index (χ4n) is 5.45. The molecule has 2 aromatic heterocycles. The summed E-state index contributed by atoms with van der Waals surface area (Å²) in [5, 5.41) is 11.2. The molecule has 0 fully saturated rings. The number of nitrogens with zero attached hydrogens (tertiary/aromatic N) is 4. The van der Waals surface area contributed by atoms with Crippen molar-refractivity contribution in [3.63, 3.8) is 0 Å². The molecule has 0 amide bonds. The molecule has 14 heteroatoms. The lowest BCUT2D eigenvalue weighted by molar-refractivity contribution is -0.483. The Hall–Kier alpha value is -6.57. The van der Waals surface area contributed by atoms with Crippen LogP contribution >= 0.6 is 0 Å². The first-order valence-corrected chi connectivity index (χ1v) is 16.2. The molecule has 0 aliphatic carbocycles. The number of hydrogen-bond donors (Lipinski definition) is 2. The summed E-state index contributed by atoms with van der Waals surface area (Å²) in [6.45, 7) is 0. The molecule has 3 N–H and O–H groups in total. The molecule has 0 saturated heterocycles. The third kappa shape index (κ3) is 9.85. The molecular weight excluding hydrogens is 714 g/mol. The van der Waals surface area contributed by atoms with Crippen molar-refractivity contribution in [3.8, 4) is 45.5 Å². The van der Waals surface area contributed by atoms with Crippen molar-refractivity contribution in [1.29, 1.82) is 0 Å². The number of aromatic nitrogens is 4. The minimum Gasteiger partial charge on any atom is -1.00 e. The SMILES string of the molecule is COC(=O)c1cc([NH2+]c2cc(-c3ccccc3OC)ncn2)ccc1OC.COc1ccc(Cc2cc(-c3ccccc3OC)ncn2)cc1C(=O)O.[Cl-].[HH].